The van der Waals surface area contributed by atoms with Gasteiger partial charge in [-0.1, -0.05) is 12.1 Å². The third kappa shape index (κ3) is 3.96. The molecule has 0 saturated carbocycles. The van der Waals surface area contributed by atoms with Crippen molar-refractivity contribution in [2.75, 3.05) is 5.32 Å². The van der Waals surface area contributed by atoms with Gasteiger partial charge in [0, 0.05) is 18.4 Å². The number of carboxylic acids is 1. The Hall–Kier alpha value is -3.02. The number of aromatic carboxylic acids is 1. The molecule has 0 aliphatic heterocycles. The highest BCUT2D eigenvalue weighted by atomic mass is 19.1. The van der Waals surface area contributed by atoms with Crippen LogP contribution in [0.1, 0.15) is 51.1 Å². The molecule has 1 aliphatic rings. The van der Waals surface area contributed by atoms with Crippen molar-refractivity contribution < 1.29 is 23.9 Å². The van der Waals surface area contributed by atoms with Gasteiger partial charge < -0.3 is 10.4 Å². The first-order valence-corrected chi connectivity index (χ1v) is 8.42. The van der Waals surface area contributed by atoms with Gasteiger partial charge in [0.05, 0.1) is 11.3 Å². The lowest BCUT2D eigenvalue weighted by atomic mass is 10.0. The molecule has 0 aromatic heterocycles. The van der Waals surface area contributed by atoms with Crippen LogP contribution in [0.4, 0.5) is 10.1 Å². The second-order valence-electron chi connectivity index (χ2n) is 6.31. The SMILES string of the molecule is O=C(CCC(=O)c1ccc2c(c1)CCC2)Nc1cc(C(=O)O)ccc1F. The molecule has 0 radical (unpaired) electrons. The number of anilines is 1. The van der Waals surface area contributed by atoms with Crippen molar-refractivity contribution >= 4 is 23.3 Å². The fourth-order valence-corrected chi connectivity index (χ4v) is 3.08. The third-order valence-electron chi connectivity index (χ3n) is 4.49. The molecular formula is C20H18FNO4. The number of carbonyl (C=O) groups is 3. The Morgan fingerprint density at radius 3 is 2.46 bits per heavy atom. The van der Waals surface area contributed by atoms with Crippen LogP contribution >= 0.6 is 0 Å². The van der Waals surface area contributed by atoms with E-state index in [1.807, 2.05) is 12.1 Å². The highest BCUT2D eigenvalue weighted by molar-refractivity contribution is 6.00. The maximum atomic E-state index is 13.7. The topological polar surface area (TPSA) is 83.5 Å². The molecule has 0 saturated heterocycles. The van der Waals surface area contributed by atoms with E-state index in [0.717, 1.165) is 37.5 Å². The van der Waals surface area contributed by atoms with Crippen LogP contribution in [0.15, 0.2) is 36.4 Å². The lowest BCUT2D eigenvalue weighted by molar-refractivity contribution is -0.116. The molecule has 3 rings (SSSR count). The van der Waals surface area contributed by atoms with E-state index in [0.29, 0.717) is 5.56 Å². The Labute approximate surface area is 149 Å². The number of aryl methyl sites for hydroxylation is 2. The number of amides is 1. The Kier molecular flexibility index (Phi) is 5.11. The van der Waals surface area contributed by atoms with Gasteiger partial charge in [0.1, 0.15) is 5.82 Å². The summed E-state index contributed by atoms with van der Waals surface area (Å²) < 4.78 is 13.7. The number of ketones is 1. The van der Waals surface area contributed by atoms with Crippen LogP contribution in [-0.2, 0) is 17.6 Å². The van der Waals surface area contributed by atoms with Crippen molar-refractivity contribution in [3.8, 4) is 0 Å². The van der Waals surface area contributed by atoms with Crippen LogP contribution in [0.2, 0.25) is 0 Å². The zero-order valence-electron chi connectivity index (χ0n) is 14.0. The van der Waals surface area contributed by atoms with Gasteiger partial charge in [0.25, 0.3) is 0 Å². The molecule has 1 aliphatic carbocycles. The minimum atomic E-state index is -1.22. The first kappa shape index (κ1) is 17.8. The van der Waals surface area contributed by atoms with E-state index in [-0.39, 0.29) is 29.9 Å². The molecule has 5 nitrogen and oxygen atoms in total. The zero-order chi connectivity index (χ0) is 18.7. The van der Waals surface area contributed by atoms with Crippen LogP contribution in [0.25, 0.3) is 0 Å². The van der Waals surface area contributed by atoms with E-state index in [1.54, 1.807) is 6.07 Å². The molecule has 2 aromatic carbocycles. The number of benzene rings is 2. The number of Topliss-reactive ketones (excluding diaryl/α,β-unsaturated/α-hetero) is 1. The molecule has 0 unspecified atom stereocenters. The predicted octanol–water partition coefficient (Wildman–Crippen LogP) is 3.61. The number of halogens is 1. The molecule has 0 atom stereocenters. The number of fused-ring (bicyclic) bond motifs is 1. The van der Waals surface area contributed by atoms with Gasteiger partial charge in [-0.05, 0) is 54.7 Å². The van der Waals surface area contributed by atoms with Crippen LogP contribution in [0.5, 0.6) is 0 Å². The molecule has 134 valence electrons. The summed E-state index contributed by atoms with van der Waals surface area (Å²) in [5, 5.41) is 11.2. The minimum absolute atomic E-state index is 0.00482. The van der Waals surface area contributed by atoms with Gasteiger partial charge in [0.2, 0.25) is 5.91 Å². The smallest absolute Gasteiger partial charge is 0.335 e. The van der Waals surface area contributed by atoms with Crippen molar-refractivity contribution in [3.63, 3.8) is 0 Å². The standard InChI is InChI=1S/C20H18FNO4/c21-16-7-6-15(20(25)26)11-17(16)22-19(24)9-8-18(23)14-5-4-12-2-1-3-13(12)10-14/h4-7,10-11H,1-3,8-9H2,(H,22,24)(H,25,26). The summed E-state index contributed by atoms with van der Waals surface area (Å²) in [5.74, 6) is -2.63. The number of carboxylic acid groups (broad SMARTS) is 1. The summed E-state index contributed by atoms with van der Waals surface area (Å²) in [6.45, 7) is 0. The van der Waals surface area contributed by atoms with Gasteiger partial charge >= 0.3 is 5.97 Å². The molecule has 2 N–H and O–H groups in total. The third-order valence-corrected chi connectivity index (χ3v) is 4.49. The van der Waals surface area contributed by atoms with Gasteiger partial charge in [-0.2, -0.15) is 0 Å². The van der Waals surface area contributed by atoms with Crippen LogP contribution in [0.3, 0.4) is 0 Å². The zero-order valence-corrected chi connectivity index (χ0v) is 14.0. The van der Waals surface area contributed by atoms with Crippen molar-refractivity contribution in [2.24, 2.45) is 0 Å². The second-order valence-corrected chi connectivity index (χ2v) is 6.31. The van der Waals surface area contributed by atoms with E-state index < -0.39 is 17.7 Å². The molecule has 0 heterocycles. The summed E-state index contributed by atoms with van der Waals surface area (Å²) in [6.07, 6.45) is 3.00. The monoisotopic (exact) mass is 355 g/mol. The number of carbonyl (C=O) groups excluding carboxylic acids is 2. The molecule has 6 heteroatoms. The second kappa shape index (κ2) is 7.47. The quantitative estimate of drug-likeness (QED) is 0.776. The highest BCUT2D eigenvalue weighted by Gasteiger charge is 2.16. The van der Waals surface area contributed by atoms with Crippen molar-refractivity contribution in [2.45, 2.75) is 32.1 Å². The molecule has 26 heavy (non-hydrogen) atoms. The van der Waals surface area contributed by atoms with Gasteiger partial charge in [-0.15, -0.1) is 0 Å². The van der Waals surface area contributed by atoms with Gasteiger partial charge in [-0.25, -0.2) is 9.18 Å². The minimum Gasteiger partial charge on any atom is -0.478 e. The first-order chi connectivity index (χ1) is 12.4. The fourth-order valence-electron chi connectivity index (χ4n) is 3.08. The van der Waals surface area contributed by atoms with E-state index in [4.69, 9.17) is 5.11 Å². The summed E-state index contributed by atoms with van der Waals surface area (Å²) in [7, 11) is 0. The maximum Gasteiger partial charge on any atom is 0.335 e. The summed E-state index contributed by atoms with van der Waals surface area (Å²) >= 11 is 0. The van der Waals surface area contributed by atoms with E-state index in [9.17, 15) is 18.8 Å². The molecule has 0 fully saturated rings. The van der Waals surface area contributed by atoms with Crippen molar-refractivity contribution in [3.05, 3.63) is 64.5 Å². The summed E-state index contributed by atoms with van der Waals surface area (Å²) in [5.41, 5.74) is 2.70. The van der Waals surface area contributed by atoms with Crippen LogP contribution in [0, 0.1) is 5.82 Å². The summed E-state index contributed by atoms with van der Waals surface area (Å²) in [4.78, 5) is 35.2. The van der Waals surface area contributed by atoms with Crippen LogP contribution < -0.4 is 5.32 Å². The lowest BCUT2D eigenvalue weighted by Crippen LogP contribution is -2.15. The van der Waals surface area contributed by atoms with Gasteiger partial charge in [-0.3, -0.25) is 9.59 Å². The largest absolute Gasteiger partial charge is 0.478 e. The first-order valence-electron chi connectivity index (χ1n) is 8.42. The normalized spacial score (nSPS) is 12.5. The fraction of sp³-hybridized carbons (Fsp3) is 0.250. The predicted molar refractivity (Wildman–Crippen MR) is 94.0 cm³/mol. The Morgan fingerprint density at radius 1 is 0.962 bits per heavy atom. The van der Waals surface area contributed by atoms with Gasteiger partial charge in [0.15, 0.2) is 5.78 Å². The highest BCUT2D eigenvalue weighted by Crippen LogP contribution is 2.23. The van der Waals surface area contributed by atoms with E-state index in [1.165, 1.54) is 11.1 Å². The number of hydrogen-bond acceptors (Lipinski definition) is 3. The Morgan fingerprint density at radius 2 is 1.69 bits per heavy atom. The molecule has 1 amide bonds. The van der Waals surface area contributed by atoms with E-state index >= 15 is 0 Å². The Balaban J connectivity index is 1.60. The maximum absolute atomic E-state index is 13.7. The van der Waals surface area contributed by atoms with Crippen molar-refractivity contribution in [1.82, 2.24) is 0 Å². The van der Waals surface area contributed by atoms with Crippen molar-refractivity contribution in [1.29, 1.82) is 0 Å². The average molecular weight is 355 g/mol. The lowest BCUT2D eigenvalue weighted by Gasteiger charge is -2.08. The molecule has 0 spiro atoms. The molecule has 0 bridgehead atoms. The van der Waals surface area contributed by atoms with Crippen LogP contribution in [-0.4, -0.2) is 22.8 Å². The van der Waals surface area contributed by atoms with E-state index in [2.05, 4.69) is 5.32 Å². The average Bonchev–Trinajstić information content (AvgIpc) is 3.09. The Bertz CT molecular complexity index is 891. The summed E-state index contributed by atoms with van der Waals surface area (Å²) in [6, 6.07) is 8.78. The number of nitrogens with one attached hydrogen (secondary N) is 1. The molecular weight excluding hydrogens is 337 g/mol. The number of hydrogen-bond donors (Lipinski definition) is 2. The number of rotatable bonds is 6. The molecule has 2 aromatic rings.